The third-order valence-electron chi connectivity index (χ3n) is 6.15. The lowest BCUT2D eigenvalue weighted by atomic mass is 10.0. The Balaban J connectivity index is 1.76. The summed E-state index contributed by atoms with van der Waals surface area (Å²) in [5, 5.41) is 7.49. The molecule has 0 radical (unpaired) electrons. The number of sulfone groups is 1. The van der Waals surface area contributed by atoms with E-state index in [4.69, 9.17) is 10.3 Å². The topological polar surface area (TPSA) is 135 Å². The molecule has 4 rings (SSSR count). The van der Waals surface area contributed by atoms with Crippen LogP contribution >= 0.6 is 0 Å². The van der Waals surface area contributed by atoms with Crippen LogP contribution in [0, 0.1) is 12.7 Å². The maximum absolute atomic E-state index is 15.0. The van der Waals surface area contributed by atoms with Gasteiger partial charge in [-0.1, -0.05) is 25.7 Å². The van der Waals surface area contributed by atoms with Gasteiger partial charge in [0.15, 0.2) is 21.5 Å². The molecule has 0 amide bonds. The Morgan fingerprint density at radius 1 is 1.21 bits per heavy atom. The number of hydrogen-bond donors (Lipinski definition) is 1. The summed E-state index contributed by atoms with van der Waals surface area (Å²) >= 11 is 0. The largest absolute Gasteiger partial charge is 0.361 e. The summed E-state index contributed by atoms with van der Waals surface area (Å²) in [7, 11) is -5.01. The Hall–Kier alpha value is -3.77. The highest BCUT2D eigenvalue weighted by Crippen LogP contribution is 2.37. The molecule has 3 aromatic heterocycles. The molecule has 39 heavy (non-hydrogen) atoms. The fraction of sp³-hybridized carbons (Fsp3) is 0.308. The van der Waals surface area contributed by atoms with E-state index in [0.29, 0.717) is 17.9 Å². The molecule has 0 fully saturated rings. The van der Waals surface area contributed by atoms with Gasteiger partial charge in [0, 0.05) is 55.4 Å². The lowest BCUT2D eigenvalue weighted by Crippen LogP contribution is -2.21. The van der Waals surface area contributed by atoms with Crippen molar-refractivity contribution in [2.24, 2.45) is 5.11 Å². The standard InChI is InChI=1S/C26H30FN7O3SSi/c1-17-14-30-23(31-21-7-6-8-22(24(21)27)38(2,35)36)13-19(17)20-15-34(16-37-11-12-39(3,4)5)25-18(20)9-10-29-26(25)32-33-28/h6-10,13-15H,11-12,16H2,1-5H3,(H,30,31). The minimum Gasteiger partial charge on any atom is -0.361 e. The van der Waals surface area contributed by atoms with E-state index < -0.39 is 28.6 Å². The number of azide groups is 1. The number of anilines is 2. The van der Waals surface area contributed by atoms with Crippen LogP contribution in [-0.4, -0.2) is 43.9 Å². The molecule has 0 aliphatic rings. The second kappa shape index (κ2) is 11.1. The average Bonchev–Trinajstić information content (AvgIpc) is 3.22. The quantitative estimate of drug-likeness (QED) is 0.0724. The summed E-state index contributed by atoms with van der Waals surface area (Å²) in [6.07, 6.45) is 6.10. The van der Waals surface area contributed by atoms with E-state index >= 15 is 0 Å². The summed E-state index contributed by atoms with van der Waals surface area (Å²) < 4.78 is 46.7. The summed E-state index contributed by atoms with van der Waals surface area (Å²) in [5.74, 6) is -0.308. The average molecular weight is 568 g/mol. The van der Waals surface area contributed by atoms with Crippen LogP contribution in [0.25, 0.3) is 32.5 Å². The highest BCUT2D eigenvalue weighted by Gasteiger charge is 2.19. The van der Waals surface area contributed by atoms with Crippen LogP contribution in [0.4, 0.5) is 21.7 Å². The molecule has 0 spiro atoms. The Morgan fingerprint density at radius 2 is 1.97 bits per heavy atom. The van der Waals surface area contributed by atoms with E-state index in [-0.39, 0.29) is 18.2 Å². The molecule has 10 nitrogen and oxygen atoms in total. The third kappa shape index (κ3) is 6.45. The maximum Gasteiger partial charge on any atom is 0.178 e. The van der Waals surface area contributed by atoms with Crippen LogP contribution in [0.5, 0.6) is 0 Å². The van der Waals surface area contributed by atoms with Crippen molar-refractivity contribution in [3.8, 4) is 11.1 Å². The van der Waals surface area contributed by atoms with Crippen molar-refractivity contribution in [3.63, 3.8) is 0 Å². The van der Waals surface area contributed by atoms with Crippen molar-refractivity contribution in [1.82, 2.24) is 14.5 Å². The molecule has 204 valence electrons. The molecule has 4 aromatic rings. The summed E-state index contributed by atoms with van der Waals surface area (Å²) in [4.78, 5) is 11.2. The number of aromatic nitrogens is 3. The van der Waals surface area contributed by atoms with Gasteiger partial charge in [-0.05, 0) is 59.0 Å². The molecule has 0 unspecified atom stereocenters. The maximum atomic E-state index is 15.0. The van der Waals surface area contributed by atoms with Crippen molar-refractivity contribution in [2.45, 2.75) is 44.2 Å². The van der Waals surface area contributed by atoms with Crippen molar-refractivity contribution >= 4 is 46.1 Å². The molecule has 0 aliphatic carbocycles. The predicted octanol–water partition coefficient (Wildman–Crippen LogP) is 6.95. The van der Waals surface area contributed by atoms with Crippen LogP contribution in [0.1, 0.15) is 5.56 Å². The fourth-order valence-electron chi connectivity index (χ4n) is 4.12. The summed E-state index contributed by atoms with van der Waals surface area (Å²) in [5.41, 5.74) is 12.2. The van der Waals surface area contributed by atoms with Gasteiger partial charge < -0.3 is 14.6 Å². The normalized spacial score (nSPS) is 11.9. The lowest BCUT2D eigenvalue weighted by Gasteiger charge is -2.16. The Labute approximate surface area is 227 Å². The van der Waals surface area contributed by atoms with Crippen LogP contribution in [0.2, 0.25) is 25.7 Å². The molecule has 3 heterocycles. The Bertz CT molecular complexity index is 1690. The third-order valence-corrected chi connectivity index (χ3v) is 8.97. The van der Waals surface area contributed by atoms with Crippen LogP contribution < -0.4 is 5.32 Å². The number of ether oxygens (including phenoxy) is 1. The minimum absolute atomic E-state index is 0.00621. The second-order valence-corrected chi connectivity index (χ2v) is 18.1. The number of rotatable bonds is 10. The van der Waals surface area contributed by atoms with E-state index in [0.717, 1.165) is 34.4 Å². The van der Waals surface area contributed by atoms with Crippen molar-refractivity contribution in [3.05, 3.63) is 70.7 Å². The smallest absolute Gasteiger partial charge is 0.178 e. The highest BCUT2D eigenvalue weighted by molar-refractivity contribution is 7.90. The molecule has 0 bridgehead atoms. The molecule has 1 aromatic carbocycles. The first-order valence-electron chi connectivity index (χ1n) is 12.2. The fourth-order valence-corrected chi connectivity index (χ4v) is 5.64. The number of fused-ring (bicyclic) bond motifs is 1. The zero-order valence-electron chi connectivity index (χ0n) is 22.4. The number of pyridine rings is 2. The van der Waals surface area contributed by atoms with Crippen molar-refractivity contribution in [1.29, 1.82) is 0 Å². The predicted molar refractivity (Wildman–Crippen MR) is 153 cm³/mol. The minimum atomic E-state index is -3.74. The Morgan fingerprint density at radius 3 is 2.67 bits per heavy atom. The molecule has 0 aliphatic heterocycles. The first-order valence-corrected chi connectivity index (χ1v) is 17.8. The van der Waals surface area contributed by atoms with E-state index in [1.54, 1.807) is 18.5 Å². The van der Waals surface area contributed by atoms with Crippen molar-refractivity contribution < 1.29 is 17.5 Å². The van der Waals surface area contributed by atoms with Gasteiger partial charge in [0.2, 0.25) is 0 Å². The monoisotopic (exact) mass is 567 g/mol. The molecular formula is C26H30FN7O3SSi. The summed E-state index contributed by atoms with van der Waals surface area (Å²) in [6, 6.07) is 8.75. The van der Waals surface area contributed by atoms with Gasteiger partial charge in [-0.3, -0.25) is 4.98 Å². The molecule has 0 saturated heterocycles. The Kier molecular flexibility index (Phi) is 8.07. The van der Waals surface area contributed by atoms with Gasteiger partial charge >= 0.3 is 0 Å². The number of aryl methyl sites for hydroxylation is 1. The first kappa shape index (κ1) is 28.2. The van der Waals surface area contributed by atoms with E-state index in [1.807, 2.05) is 23.8 Å². The number of hydrogen-bond acceptors (Lipinski definition) is 7. The molecule has 0 saturated carbocycles. The van der Waals surface area contributed by atoms with Crippen LogP contribution in [0.3, 0.4) is 0 Å². The van der Waals surface area contributed by atoms with Gasteiger partial charge in [-0.2, -0.15) is 0 Å². The molecule has 13 heteroatoms. The highest BCUT2D eigenvalue weighted by atomic mass is 32.2. The number of benzene rings is 1. The summed E-state index contributed by atoms with van der Waals surface area (Å²) in [6.45, 7) is 9.61. The SMILES string of the molecule is Cc1cnc(Nc2cccc(S(C)(=O)=O)c2F)cc1-c1cn(COCC[Si](C)(C)C)c2c(N=[N+]=[N-])nccc12. The van der Waals surface area contributed by atoms with E-state index in [9.17, 15) is 12.8 Å². The van der Waals surface area contributed by atoms with Gasteiger partial charge in [-0.15, -0.1) is 0 Å². The number of halogens is 1. The second-order valence-electron chi connectivity index (χ2n) is 10.5. The van der Waals surface area contributed by atoms with Crippen LogP contribution in [-0.2, 0) is 21.3 Å². The van der Waals surface area contributed by atoms with Gasteiger partial charge in [0.1, 0.15) is 17.4 Å². The van der Waals surface area contributed by atoms with Gasteiger partial charge in [0.25, 0.3) is 0 Å². The van der Waals surface area contributed by atoms with Gasteiger partial charge in [-0.25, -0.2) is 17.8 Å². The van der Waals surface area contributed by atoms with E-state index in [2.05, 4.69) is 45.0 Å². The molecule has 0 atom stereocenters. The number of nitrogens with one attached hydrogen (secondary N) is 1. The van der Waals surface area contributed by atoms with Crippen LogP contribution in [0.15, 0.2) is 58.9 Å². The van der Waals surface area contributed by atoms with E-state index in [1.165, 1.54) is 18.2 Å². The zero-order valence-corrected chi connectivity index (χ0v) is 24.3. The molecular weight excluding hydrogens is 537 g/mol. The first-order chi connectivity index (χ1) is 18.4. The lowest BCUT2D eigenvalue weighted by molar-refractivity contribution is 0.0903. The van der Waals surface area contributed by atoms with Crippen molar-refractivity contribution in [2.75, 3.05) is 18.2 Å². The molecule has 1 N–H and O–H groups in total. The van der Waals surface area contributed by atoms with Gasteiger partial charge in [0.05, 0.1) is 11.2 Å². The number of nitrogens with zero attached hydrogens (tertiary/aromatic N) is 6. The zero-order chi connectivity index (χ0) is 28.4.